The van der Waals surface area contributed by atoms with E-state index in [4.69, 9.17) is 17.0 Å². The van der Waals surface area contributed by atoms with E-state index < -0.39 is 0 Å². The molecule has 1 saturated heterocycles. The van der Waals surface area contributed by atoms with Crippen LogP contribution in [0.4, 0.5) is 0 Å². The van der Waals surface area contributed by atoms with Gasteiger partial charge in [-0.1, -0.05) is 24.3 Å². The molecular weight excluding hydrogens is 340 g/mol. The Hall–Kier alpha value is -1.50. The number of benzene rings is 1. The maximum absolute atomic E-state index is 12.8. The second-order valence-corrected chi connectivity index (χ2v) is 8.33. The molecule has 0 saturated carbocycles. The molecule has 6 heteroatoms. The summed E-state index contributed by atoms with van der Waals surface area (Å²) in [5.74, 6) is 0.162. The first-order valence-electron chi connectivity index (χ1n) is 8.26. The summed E-state index contributed by atoms with van der Waals surface area (Å²) in [5, 5.41) is 0. The molecule has 1 N–H and O–H groups in total. The molecule has 0 radical (unpaired) electrons. The molecular formula is C18H20N2O2S2. The number of aromatic nitrogens is 1. The van der Waals surface area contributed by atoms with Crippen LogP contribution >= 0.6 is 23.6 Å². The highest BCUT2D eigenvalue weighted by Gasteiger charge is 2.44. The second-order valence-electron chi connectivity index (χ2n) is 6.55. The van der Waals surface area contributed by atoms with Gasteiger partial charge in [0, 0.05) is 17.1 Å². The lowest BCUT2D eigenvalue weighted by Gasteiger charge is -2.41. The Morgan fingerprint density at radius 2 is 2.29 bits per heavy atom. The average Bonchev–Trinajstić information content (AvgIpc) is 3.08. The summed E-state index contributed by atoms with van der Waals surface area (Å²) in [6, 6.07) is 8.46. The van der Waals surface area contributed by atoms with Gasteiger partial charge in [0.1, 0.15) is 5.60 Å². The van der Waals surface area contributed by atoms with Gasteiger partial charge in [-0.3, -0.25) is 4.79 Å². The Bertz CT molecular complexity index is 838. The van der Waals surface area contributed by atoms with E-state index in [0.29, 0.717) is 26.1 Å². The molecule has 2 heterocycles. The normalized spacial score (nSPS) is 22.8. The molecule has 0 unspecified atom stereocenters. The predicted molar refractivity (Wildman–Crippen MR) is 96.9 cm³/mol. The summed E-state index contributed by atoms with van der Waals surface area (Å²) < 4.78 is 6.93. The Labute approximate surface area is 150 Å². The number of carbonyl (C=O) groups excluding carboxylic acids is 1. The van der Waals surface area contributed by atoms with Crippen molar-refractivity contribution in [3.05, 3.63) is 49.9 Å². The molecule has 1 aliphatic carbocycles. The van der Waals surface area contributed by atoms with E-state index in [1.54, 1.807) is 0 Å². The van der Waals surface area contributed by atoms with Gasteiger partial charge in [0.25, 0.3) is 0 Å². The van der Waals surface area contributed by atoms with E-state index in [0.717, 1.165) is 27.4 Å². The van der Waals surface area contributed by atoms with Gasteiger partial charge in [-0.25, -0.2) is 0 Å². The van der Waals surface area contributed by atoms with Gasteiger partial charge in [0.05, 0.1) is 19.6 Å². The number of carbonyl (C=O) groups is 1. The third kappa shape index (κ3) is 2.72. The number of aryl methyl sites for hydroxylation is 2. The smallest absolute Gasteiger partial charge is 0.228 e. The lowest BCUT2D eigenvalue weighted by atomic mass is 9.93. The number of morpholine rings is 1. The van der Waals surface area contributed by atoms with Crippen molar-refractivity contribution < 1.29 is 9.53 Å². The minimum absolute atomic E-state index is 0.162. The third-order valence-electron chi connectivity index (χ3n) is 5.08. The van der Waals surface area contributed by atoms with E-state index >= 15 is 0 Å². The Balaban J connectivity index is 1.54. The largest absolute Gasteiger partial charge is 0.367 e. The number of amides is 1. The van der Waals surface area contributed by atoms with Crippen molar-refractivity contribution in [2.24, 2.45) is 0 Å². The standard InChI is InChI=1S/C18H20N2O2S2/c1-12-15(24-17(23)19-12)10-16(21)20-8-9-22-18(11-20)7-6-13-4-2-3-5-14(13)18/h2-5H,6-11H2,1H3,(H,19,23)/t18-/m1/s1. The van der Waals surface area contributed by atoms with Crippen LogP contribution in [0.3, 0.4) is 0 Å². The van der Waals surface area contributed by atoms with Crippen LogP contribution in [0.2, 0.25) is 0 Å². The minimum Gasteiger partial charge on any atom is -0.367 e. The average molecular weight is 361 g/mol. The first-order valence-corrected chi connectivity index (χ1v) is 9.49. The van der Waals surface area contributed by atoms with Gasteiger partial charge in [-0.05, 0) is 43.1 Å². The van der Waals surface area contributed by atoms with Crippen molar-refractivity contribution in [1.29, 1.82) is 0 Å². The van der Waals surface area contributed by atoms with Gasteiger partial charge >= 0.3 is 0 Å². The van der Waals surface area contributed by atoms with Gasteiger partial charge < -0.3 is 14.6 Å². The van der Waals surface area contributed by atoms with E-state index in [1.807, 2.05) is 11.8 Å². The predicted octanol–water partition coefficient (Wildman–Crippen LogP) is 3.36. The number of hydrogen-bond donors (Lipinski definition) is 1. The van der Waals surface area contributed by atoms with Crippen molar-refractivity contribution >= 4 is 29.5 Å². The zero-order valence-corrected chi connectivity index (χ0v) is 15.3. The van der Waals surface area contributed by atoms with Crippen LogP contribution in [0.25, 0.3) is 0 Å². The number of fused-ring (bicyclic) bond motifs is 2. The van der Waals surface area contributed by atoms with Crippen molar-refractivity contribution in [2.45, 2.75) is 31.8 Å². The third-order valence-corrected chi connectivity index (χ3v) is 6.42. The van der Waals surface area contributed by atoms with Crippen molar-refractivity contribution in [2.75, 3.05) is 19.7 Å². The number of hydrogen-bond acceptors (Lipinski definition) is 4. The molecule has 4 rings (SSSR count). The number of nitrogens with zero attached hydrogens (tertiary/aromatic N) is 1. The molecule has 24 heavy (non-hydrogen) atoms. The van der Waals surface area contributed by atoms with E-state index in [-0.39, 0.29) is 11.5 Å². The maximum atomic E-state index is 12.8. The molecule has 1 aliphatic heterocycles. The van der Waals surface area contributed by atoms with Gasteiger partial charge in [-0.2, -0.15) is 0 Å². The quantitative estimate of drug-likeness (QED) is 0.836. The first kappa shape index (κ1) is 16.0. The lowest BCUT2D eigenvalue weighted by molar-refractivity contribution is -0.151. The molecule has 1 spiro atoms. The monoisotopic (exact) mass is 360 g/mol. The van der Waals surface area contributed by atoms with Crippen LogP contribution in [-0.2, 0) is 28.0 Å². The van der Waals surface area contributed by atoms with Crippen LogP contribution < -0.4 is 0 Å². The van der Waals surface area contributed by atoms with Crippen molar-refractivity contribution in [3.63, 3.8) is 0 Å². The molecule has 1 aromatic carbocycles. The fourth-order valence-electron chi connectivity index (χ4n) is 3.82. The Morgan fingerprint density at radius 1 is 1.46 bits per heavy atom. The summed E-state index contributed by atoms with van der Waals surface area (Å²) in [7, 11) is 0. The highest BCUT2D eigenvalue weighted by atomic mass is 32.1. The van der Waals surface area contributed by atoms with Gasteiger partial charge in [0.2, 0.25) is 5.91 Å². The zero-order chi connectivity index (χ0) is 16.7. The minimum atomic E-state index is -0.315. The van der Waals surface area contributed by atoms with Crippen LogP contribution in [0, 0.1) is 10.9 Å². The molecule has 2 aliphatic rings. The second kappa shape index (κ2) is 6.10. The van der Waals surface area contributed by atoms with Crippen LogP contribution in [-0.4, -0.2) is 35.5 Å². The van der Waals surface area contributed by atoms with Crippen LogP contribution in [0.1, 0.15) is 28.1 Å². The van der Waals surface area contributed by atoms with E-state index in [1.165, 1.54) is 22.5 Å². The first-order chi connectivity index (χ1) is 11.6. The van der Waals surface area contributed by atoms with Crippen LogP contribution in [0.15, 0.2) is 24.3 Å². The number of nitrogens with one attached hydrogen (secondary N) is 1. The van der Waals surface area contributed by atoms with E-state index in [2.05, 4.69) is 29.2 Å². The zero-order valence-electron chi connectivity index (χ0n) is 13.6. The van der Waals surface area contributed by atoms with Crippen molar-refractivity contribution in [1.82, 2.24) is 9.88 Å². The number of ether oxygens (including phenoxy) is 1. The topological polar surface area (TPSA) is 45.3 Å². The van der Waals surface area contributed by atoms with E-state index in [9.17, 15) is 4.79 Å². The number of H-pyrrole nitrogens is 1. The fraction of sp³-hybridized carbons (Fsp3) is 0.444. The fourth-order valence-corrected chi connectivity index (χ4v) is 5.10. The highest BCUT2D eigenvalue weighted by molar-refractivity contribution is 7.73. The van der Waals surface area contributed by atoms with Gasteiger partial charge in [0.15, 0.2) is 3.95 Å². The molecule has 0 bridgehead atoms. The molecule has 2 aromatic rings. The Morgan fingerprint density at radius 3 is 3.08 bits per heavy atom. The summed E-state index contributed by atoms with van der Waals surface area (Å²) in [6.07, 6.45) is 2.40. The lowest BCUT2D eigenvalue weighted by Crippen LogP contribution is -2.51. The van der Waals surface area contributed by atoms with Crippen LogP contribution in [0.5, 0.6) is 0 Å². The maximum Gasteiger partial charge on any atom is 0.228 e. The molecule has 1 aromatic heterocycles. The molecule has 1 amide bonds. The molecule has 1 atom stereocenters. The summed E-state index contributed by atoms with van der Waals surface area (Å²) >= 11 is 6.67. The molecule has 126 valence electrons. The highest BCUT2D eigenvalue weighted by Crippen LogP contribution is 2.42. The SMILES string of the molecule is Cc1[nH]c(=S)sc1CC(=O)N1CCO[C@]2(CCc3ccccc32)C1. The molecule has 4 nitrogen and oxygen atoms in total. The van der Waals surface area contributed by atoms with Crippen molar-refractivity contribution in [3.8, 4) is 0 Å². The number of aromatic amines is 1. The summed E-state index contributed by atoms with van der Waals surface area (Å²) in [5.41, 5.74) is 3.30. The summed E-state index contributed by atoms with van der Waals surface area (Å²) in [4.78, 5) is 18.9. The number of thiazole rings is 1. The Kier molecular flexibility index (Phi) is 4.06. The number of rotatable bonds is 2. The summed E-state index contributed by atoms with van der Waals surface area (Å²) in [6.45, 7) is 3.89. The molecule has 1 fully saturated rings. The van der Waals surface area contributed by atoms with Gasteiger partial charge in [-0.15, -0.1) is 11.3 Å².